The lowest BCUT2D eigenvalue weighted by atomic mass is 10.0. The summed E-state index contributed by atoms with van der Waals surface area (Å²) in [6.07, 6.45) is 1.80. The van der Waals surface area contributed by atoms with Crippen molar-refractivity contribution in [2.75, 3.05) is 0 Å². The van der Waals surface area contributed by atoms with E-state index in [2.05, 4.69) is 37.6 Å². The summed E-state index contributed by atoms with van der Waals surface area (Å²) >= 11 is 1.49. The largest absolute Gasteiger partial charge is 0.312 e. The van der Waals surface area contributed by atoms with Gasteiger partial charge >= 0.3 is 0 Å². The number of allylic oxidation sites excluding steroid dienone is 1. The Morgan fingerprint density at radius 2 is 1.55 bits per heavy atom. The van der Waals surface area contributed by atoms with Gasteiger partial charge in [-0.2, -0.15) is 4.99 Å². The van der Waals surface area contributed by atoms with E-state index in [1.807, 2.05) is 22.8 Å². The van der Waals surface area contributed by atoms with E-state index in [0.717, 1.165) is 10.2 Å². The summed E-state index contributed by atoms with van der Waals surface area (Å²) < 4.78 is 3.09. The number of hydrogen-bond donors (Lipinski definition) is 0. The molecule has 3 aromatic carbocycles. The van der Waals surface area contributed by atoms with Crippen LogP contribution in [0, 0.1) is 13.8 Å². The van der Waals surface area contributed by atoms with E-state index in [1.54, 1.807) is 42.5 Å². The molecule has 5 heteroatoms. The number of benzene rings is 3. The first-order valence-electron chi connectivity index (χ1n) is 9.98. The number of fused-ring (bicyclic) bond motifs is 1. The third kappa shape index (κ3) is 4.18. The average molecular weight is 427 g/mol. The van der Waals surface area contributed by atoms with Crippen molar-refractivity contribution in [3.63, 3.8) is 0 Å². The van der Waals surface area contributed by atoms with Crippen molar-refractivity contribution in [3.05, 3.63) is 112 Å². The predicted octanol–water partition coefficient (Wildman–Crippen LogP) is 5.48. The summed E-state index contributed by atoms with van der Waals surface area (Å²) in [5.41, 5.74) is 5.04. The molecule has 0 N–H and O–H groups in total. The van der Waals surface area contributed by atoms with Crippen LogP contribution in [0.25, 0.3) is 10.2 Å². The molecule has 0 fully saturated rings. The zero-order valence-electron chi connectivity index (χ0n) is 17.5. The van der Waals surface area contributed by atoms with E-state index >= 15 is 0 Å². The SMILES string of the molecule is C=CCn1c(=NC(=O)c2ccc(C(=O)c3ccccc3)cc2)sc2cc(C)c(C)cc21. The van der Waals surface area contributed by atoms with Crippen LogP contribution in [-0.2, 0) is 6.54 Å². The van der Waals surface area contributed by atoms with Crippen molar-refractivity contribution in [2.24, 2.45) is 4.99 Å². The molecule has 4 aromatic rings. The van der Waals surface area contributed by atoms with Gasteiger partial charge in [0.15, 0.2) is 10.6 Å². The Balaban J connectivity index is 1.69. The number of carbonyl (C=O) groups excluding carboxylic acids is 2. The van der Waals surface area contributed by atoms with Crippen molar-refractivity contribution in [1.82, 2.24) is 4.57 Å². The van der Waals surface area contributed by atoms with Gasteiger partial charge < -0.3 is 4.57 Å². The quantitative estimate of drug-likeness (QED) is 0.313. The van der Waals surface area contributed by atoms with Crippen LogP contribution < -0.4 is 4.80 Å². The summed E-state index contributed by atoms with van der Waals surface area (Å²) in [4.78, 5) is 30.4. The van der Waals surface area contributed by atoms with Crippen molar-refractivity contribution < 1.29 is 9.59 Å². The molecule has 1 aromatic heterocycles. The van der Waals surface area contributed by atoms with E-state index in [-0.39, 0.29) is 11.7 Å². The molecule has 0 unspecified atom stereocenters. The number of rotatable bonds is 5. The molecular weight excluding hydrogens is 404 g/mol. The lowest BCUT2D eigenvalue weighted by molar-refractivity contribution is 0.0994. The second-order valence-corrected chi connectivity index (χ2v) is 8.39. The fourth-order valence-corrected chi connectivity index (χ4v) is 4.50. The Bertz CT molecular complexity index is 1360. The maximum absolute atomic E-state index is 12.8. The van der Waals surface area contributed by atoms with Gasteiger partial charge in [0.2, 0.25) is 0 Å². The van der Waals surface area contributed by atoms with Crippen LogP contribution in [0.15, 0.2) is 84.4 Å². The molecule has 0 aliphatic heterocycles. The van der Waals surface area contributed by atoms with E-state index in [0.29, 0.717) is 28.0 Å². The maximum atomic E-state index is 12.8. The van der Waals surface area contributed by atoms with Crippen LogP contribution in [0.4, 0.5) is 0 Å². The van der Waals surface area contributed by atoms with Crippen LogP contribution in [0.5, 0.6) is 0 Å². The highest BCUT2D eigenvalue weighted by molar-refractivity contribution is 7.16. The number of amides is 1. The van der Waals surface area contributed by atoms with Crippen molar-refractivity contribution in [1.29, 1.82) is 0 Å². The van der Waals surface area contributed by atoms with Crippen molar-refractivity contribution in [3.8, 4) is 0 Å². The first-order valence-corrected chi connectivity index (χ1v) is 10.8. The average Bonchev–Trinajstić information content (AvgIpc) is 3.10. The minimum atomic E-state index is -0.337. The Morgan fingerprint density at radius 3 is 2.23 bits per heavy atom. The molecule has 1 heterocycles. The molecule has 0 radical (unpaired) electrons. The van der Waals surface area contributed by atoms with Crippen LogP contribution in [-0.4, -0.2) is 16.3 Å². The zero-order chi connectivity index (χ0) is 22.0. The molecule has 31 heavy (non-hydrogen) atoms. The van der Waals surface area contributed by atoms with Gasteiger partial charge in [0.05, 0.1) is 10.2 Å². The fourth-order valence-electron chi connectivity index (χ4n) is 3.38. The standard InChI is InChI=1S/C26H22N2O2S/c1-4-14-28-22-15-17(2)18(3)16-23(22)31-26(28)27-25(30)21-12-10-20(11-13-21)24(29)19-8-6-5-7-9-19/h4-13,15-16H,1,14H2,2-3H3. The van der Waals surface area contributed by atoms with Crippen LogP contribution in [0.3, 0.4) is 0 Å². The van der Waals surface area contributed by atoms with E-state index in [4.69, 9.17) is 0 Å². The fraction of sp³-hybridized carbons (Fsp3) is 0.115. The number of nitrogens with zero attached hydrogens (tertiary/aromatic N) is 2. The molecule has 154 valence electrons. The summed E-state index contributed by atoms with van der Waals surface area (Å²) in [6, 6.07) is 20.0. The molecule has 0 aliphatic rings. The third-order valence-corrected chi connectivity index (χ3v) is 6.28. The topological polar surface area (TPSA) is 51.4 Å². The summed E-state index contributed by atoms with van der Waals surface area (Å²) in [5, 5.41) is 0. The summed E-state index contributed by atoms with van der Waals surface area (Å²) in [6.45, 7) is 8.56. The lowest BCUT2D eigenvalue weighted by Gasteiger charge is -2.04. The van der Waals surface area contributed by atoms with Gasteiger partial charge in [0.25, 0.3) is 5.91 Å². The molecule has 0 saturated heterocycles. The number of carbonyl (C=O) groups is 2. The van der Waals surface area contributed by atoms with Gasteiger partial charge in [0, 0.05) is 23.2 Å². The second kappa shape index (κ2) is 8.66. The Hall–Kier alpha value is -3.57. The smallest absolute Gasteiger partial charge is 0.279 e. The Kier molecular flexibility index (Phi) is 5.78. The first-order chi connectivity index (χ1) is 15.0. The molecule has 0 saturated carbocycles. The van der Waals surface area contributed by atoms with Crippen molar-refractivity contribution >= 4 is 33.2 Å². The van der Waals surface area contributed by atoms with Gasteiger partial charge in [-0.1, -0.05) is 59.9 Å². The molecule has 0 aliphatic carbocycles. The zero-order valence-corrected chi connectivity index (χ0v) is 18.3. The molecule has 0 bridgehead atoms. The Morgan fingerprint density at radius 1 is 0.935 bits per heavy atom. The second-order valence-electron chi connectivity index (χ2n) is 7.38. The molecular formula is C26H22N2O2S. The highest BCUT2D eigenvalue weighted by atomic mass is 32.1. The number of thiazole rings is 1. The summed E-state index contributed by atoms with van der Waals surface area (Å²) in [7, 11) is 0. The van der Waals surface area contributed by atoms with E-state index in [1.165, 1.54) is 22.5 Å². The number of ketones is 1. The van der Waals surface area contributed by atoms with Gasteiger partial charge in [-0.05, 0) is 49.2 Å². The van der Waals surface area contributed by atoms with Crippen LogP contribution in [0.2, 0.25) is 0 Å². The van der Waals surface area contributed by atoms with E-state index in [9.17, 15) is 9.59 Å². The lowest BCUT2D eigenvalue weighted by Crippen LogP contribution is -2.16. The van der Waals surface area contributed by atoms with Crippen LogP contribution in [0.1, 0.15) is 37.4 Å². The molecule has 1 amide bonds. The van der Waals surface area contributed by atoms with Crippen LogP contribution >= 0.6 is 11.3 Å². The maximum Gasteiger partial charge on any atom is 0.279 e. The van der Waals surface area contributed by atoms with Gasteiger partial charge in [-0.15, -0.1) is 6.58 Å². The van der Waals surface area contributed by atoms with Crippen molar-refractivity contribution in [2.45, 2.75) is 20.4 Å². The van der Waals surface area contributed by atoms with Gasteiger partial charge in [-0.25, -0.2) is 0 Å². The van der Waals surface area contributed by atoms with E-state index < -0.39 is 0 Å². The molecule has 0 spiro atoms. The minimum Gasteiger partial charge on any atom is -0.312 e. The minimum absolute atomic E-state index is 0.0735. The number of aryl methyl sites for hydroxylation is 2. The molecule has 4 rings (SSSR count). The summed E-state index contributed by atoms with van der Waals surface area (Å²) in [5.74, 6) is -0.410. The third-order valence-electron chi connectivity index (χ3n) is 5.24. The number of hydrogen-bond acceptors (Lipinski definition) is 3. The molecule has 0 atom stereocenters. The number of aromatic nitrogens is 1. The first kappa shape index (κ1) is 20.7. The molecule has 4 nitrogen and oxygen atoms in total. The Labute approximate surface area is 184 Å². The predicted molar refractivity (Wildman–Crippen MR) is 126 cm³/mol. The van der Waals surface area contributed by atoms with Gasteiger partial charge in [-0.3, -0.25) is 9.59 Å². The normalized spacial score (nSPS) is 11.6. The van der Waals surface area contributed by atoms with Gasteiger partial charge in [0.1, 0.15) is 0 Å². The monoisotopic (exact) mass is 426 g/mol. The highest BCUT2D eigenvalue weighted by Gasteiger charge is 2.12. The highest BCUT2D eigenvalue weighted by Crippen LogP contribution is 2.22.